The Hall–Kier alpha value is -0.465. The summed E-state index contributed by atoms with van der Waals surface area (Å²) in [5.74, 6) is -0.651. The molecule has 0 saturated carbocycles. The Kier molecular flexibility index (Phi) is 25.2. The van der Waals surface area contributed by atoms with Crippen LogP contribution in [0, 0.1) is 0 Å². The van der Waals surface area contributed by atoms with Crippen LogP contribution in [-0.4, -0.2) is 19.5 Å². The van der Waals surface area contributed by atoms with Gasteiger partial charge >= 0.3 is 5.97 Å². The predicted molar refractivity (Wildman–Crippen MR) is 111 cm³/mol. The van der Waals surface area contributed by atoms with Crippen LogP contribution in [0.15, 0.2) is 0 Å². The van der Waals surface area contributed by atoms with Crippen molar-refractivity contribution in [3.05, 3.63) is 0 Å². The minimum absolute atomic E-state index is 0. The molecule has 0 atom stereocenters. The molecule has 0 amide bonds. The monoisotopic (exact) mass is 351 g/mol. The van der Waals surface area contributed by atoms with Gasteiger partial charge in [-0.25, -0.2) is 0 Å². The zero-order chi connectivity index (χ0) is 17.7. The van der Waals surface area contributed by atoms with Gasteiger partial charge in [0.1, 0.15) is 0 Å². The maximum absolute atomic E-state index is 10.4. The van der Waals surface area contributed by atoms with Gasteiger partial charge in [-0.05, 0) is 6.42 Å². The van der Waals surface area contributed by atoms with E-state index in [4.69, 9.17) is 5.11 Å². The summed E-state index contributed by atoms with van der Waals surface area (Å²) in [4.78, 5) is 10.4. The van der Waals surface area contributed by atoms with Crippen molar-refractivity contribution in [1.82, 2.24) is 0 Å². The number of hydrogen-bond acceptors (Lipinski definition) is 1. The van der Waals surface area contributed by atoms with E-state index >= 15 is 0 Å². The Balaban J connectivity index is 0. The second kappa shape index (κ2) is 23.5. The zero-order valence-corrected chi connectivity index (χ0v) is 17.1. The first-order chi connectivity index (χ1) is 11.8. The lowest BCUT2D eigenvalue weighted by Crippen LogP contribution is -1.93. The van der Waals surface area contributed by atoms with Gasteiger partial charge < -0.3 is 5.11 Å². The van der Waals surface area contributed by atoms with Crippen LogP contribution < -0.4 is 0 Å². The molecule has 0 aliphatic heterocycles. The highest BCUT2D eigenvalue weighted by atomic mass is 16.4. The van der Waals surface area contributed by atoms with E-state index in [1.54, 1.807) is 0 Å². The van der Waals surface area contributed by atoms with Gasteiger partial charge in [0.05, 0.1) is 0 Å². The van der Waals surface area contributed by atoms with Crippen LogP contribution in [0.3, 0.4) is 0 Å². The maximum atomic E-state index is 10.4. The van der Waals surface area contributed by atoms with Crippen LogP contribution in [0.25, 0.3) is 0 Å². The molecule has 0 spiro atoms. The van der Waals surface area contributed by atoms with E-state index in [1.807, 2.05) is 0 Å². The van der Waals surface area contributed by atoms with Crippen molar-refractivity contribution in [1.29, 1.82) is 0 Å². The molecule has 0 bridgehead atoms. The third-order valence-corrected chi connectivity index (χ3v) is 4.99. The molecule has 0 heterocycles. The summed E-state index contributed by atoms with van der Waals surface area (Å²) in [7, 11) is 0. The smallest absolute Gasteiger partial charge is 0.303 e. The molecule has 0 aromatic carbocycles. The van der Waals surface area contributed by atoms with Gasteiger partial charge in [-0.2, -0.15) is 0 Å². The summed E-state index contributed by atoms with van der Waals surface area (Å²) in [6, 6.07) is 0. The first-order valence-electron chi connectivity index (χ1n) is 11.0. The second-order valence-corrected chi connectivity index (χ2v) is 7.51. The average molecular weight is 351 g/mol. The Morgan fingerprint density at radius 1 is 0.520 bits per heavy atom. The lowest BCUT2D eigenvalue weighted by atomic mass is 10.0. The SMILES string of the molecule is CCCCCCCCCCCCCCCCCCCCCC(=O)O.[B]. The fourth-order valence-electron chi connectivity index (χ4n) is 3.35. The standard InChI is InChI=1S/C22H44O2.B/c1-2-3-4-5-6-7-8-9-10-11-12-13-14-15-16-17-18-19-20-21-22(23)24;/h2-21H2,1H3,(H,23,24);. The summed E-state index contributed by atoms with van der Waals surface area (Å²) < 4.78 is 0. The van der Waals surface area contributed by atoms with E-state index in [0.29, 0.717) is 6.42 Å². The van der Waals surface area contributed by atoms with Crippen molar-refractivity contribution < 1.29 is 9.90 Å². The molecule has 147 valence electrons. The largest absolute Gasteiger partial charge is 0.481 e. The number of hydrogen-bond donors (Lipinski definition) is 1. The van der Waals surface area contributed by atoms with E-state index in [2.05, 4.69) is 6.92 Å². The van der Waals surface area contributed by atoms with Crippen LogP contribution >= 0.6 is 0 Å². The van der Waals surface area contributed by atoms with E-state index in [1.165, 1.54) is 109 Å². The van der Waals surface area contributed by atoms with Crippen LogP contribution in [0.4, 0.5) is 0 Å². The maximum Gasteiger partial charge on any atom is 0.303 e. The van der Waals surface area contributed by atoms with Crippen molar-refractivity contribution >= 4 is 14.4 Å². The molecule has 0 saturated heterocycles. The molecule has 2 nitrogen and oxygen atoms in total. The van der Waals surface area contributed by atoms with Gasteiger partial charge in [0.2, 0.25) is 0 Å². The summed E-state index contributed by atoms with van der Waals surface area (Å²) >= 11 is 0. The molecule has 0 aromatic heterocycles. The van der Waals surface area contributed by atoms with Crippen molar-refractivity contribution in [3.8, 4) is 0 Å². The first-order valence-corrected chi connectivity index (χ1v) is 11.0. The third kappa shape index (κ3) is 25.9. The number of rotatable bonds is 20. The Morgan fingerprint density at radius 3 is 1.00 bits per heavy atom. The predicted octanol–water partition coefficient (Wildman–Crippen LogP) is 7.51. The summed E-state index contributed by atoms with van der Waals surface area (Å²) in [5.41, 5.74) is 0. The normalized spacial score (nSPS) is 10.6. The summed E-state index contributed by atoms with van der Waals surface area (Å²) in [6.07, 6.45) is 26.1. The Morgan fingerprint density at radius 2 is 0.760 bits per heavy atom. The number of unbranched alkanes of at least 4 members (excludes halogenated alkanes) is 18. The molecule has 1 N–H and O–H groups in total. The van der Waals surface area contributed by atoms with Crippen molar-refractivity contribution in [2.75, 3.05) is 0 Å². The number of carboxylic acids is 1. The van der Waals surface area contributed by atoms with Gasteiger partial charge in [0.25, 0.3) is 0 Å². The molecule has 0 fully saturated rings. The minimum atomic E-state index is -0.651. The Labute approximate surface area is 160 Å². The average Bonchev–Trinajstić information content (AvgIpc) is 2.56. The van der Waals surface area contributed by atoms with Crippen molar-refractivity contribution in [3.63, 3.8) is 0 Å². The van der Waals surface area contributed by atoms with Crippen LogP contribution in [0.2, 0.25) is 0 Å². The van der Waals surface area contributed by atoms with E-state index in [0.717, 1.165) is 12.8 Å². The minimum Gasteiger partial charge on any atom is -0.481 e. The number of carbonyl (C=O) groups is 1. The van der Waals surface area contributed by atoms with Gasteiger partial charge in [-0.3, -0.25) is 4.79 Å². The van der Waals surface area contributed by atoms with Crippen molar-refractivity contribution in [2.45, 2.75) is 135 Å². The number of carboxylic acid groups (broad SMARTS) is 1. The highest BCUT2D eigenvalue weighted by Gasteiger charge is 1.97. The van der Waals surface area contributed by atoms with Crippen LogP contribution in [0.5, 0.6) is 0 Å². The van der Waals surface area contributed by atoms with Crippen LogP contribution in [0.1, 0.15) is 135 Å². The second-order valence-electron chi connectivity index (χ2n) is 7.51. The third-order valence-electron chi connectivity index (χ3n) is 4.99. The molecule has 0 rings (SSSR count). The fraction of sp³-hybridized carbons (Fsp3) is 0.955. The first kappa shape index (κ1) is 26.8. The molecule has 0 aliphatic rings. The zero-order valence-electron chi connectivity index (χ0n) is 17.1. The van der Waals surface area contributed by atoms with Gasteiger partial charge in [0, 0.05) is 14.8 Å². The number of aliphatic carboxylic acids is 1. The quantitative estimate of drug-likeness (QED) is 0.182. The lowest BCUT2D eigenvalue weighted by Gasteiger charge is -2.03. The molecular formula is C22H44BO2. The van der Waals surface area contributed by atoms with Crippen molar-refractivity contribution in [2.24, 2.45) is 0 Å². The van der Waals surface area contributed by atoms with Gasteiger partial charge in [-0.1, -0.05) is 122 Å². The molecule has 0 aliphatic carbocycles. The fourth-order valence-corrected chi connectivity index (χ4v) is 3.35. The van der Waals surface area contributed by atoms with Crippen LogP contribution in [-0.2, 0) is 4.79 Å². The van der Waals surface area contributed by atoms with E-state index in [9.17, 15) is 4.79 Å². The highest BCUT2D eigenvalue weighted by Crippen LogP contribution is 2.14. The molecule has 25 heavy (non-hydrogen) atoms. The highest BCUT2D eigenvalue weighted by molar-refractivity contribution is 5.75. The van der Waals surface area contributed by atoms with Gasteiger partial charge in [0.15, 0.2) is 0 Å². The topological polar surface area (TPSA) is 37.3 Å². The van der Waals surface area contributed by atoms with E-state index in [-0.39, 0.29) is 8.41 Å². The Bertz CT molecular complexity index is 256. The summed E-state index contributed by atoms with van der Waals surface area (Å²) in [5, 5.41) is 8.56. The molecular weight excluding hydrogens is 307 g/mol. The summed E-state index contributed by atoms with van der Waals surface area (Å²) in [6.45, 7) is 2.28. The molecule has 3 radical (unpaired) electrons. The lowest BCUT2D eigenvalue weighted by molar-refractivity contribution is -0.137. The van der Waals surface area contributed by atoms with Gasteiger partial charge in [-0.15, -0.1) is 0 Å². The molecule has 0 aromatic rings. The molecule has 3 heteroatoms. The van der Waals surface area contributed by atoms with E-state index < -0.39 is 5.97 Å². The molecule has 0 unspecified atom stereocenters.